The van der Waals surface area contributed by atoms with Crippen LogP contribution in [-0.2, 0) is 11.8 Å². The van der Waals surface area contributed by atoms with Crippen molar-refractivity contribution in [3.8, 4) is 0 Å². The number of rotatable bonds is 2. The highest BCUT2D eigenvalue weighted by molar-refractivity contribution is 5.93. The second kappa shape index (κ2) is 4.06. The quantitative estimate of drug-likeness (QED) is 0.682. The fourth-order valence-corrected chi connectivity index (χ4v) is 1.96. The summed E-state index contributed by atoms with van der Waals surface area (Å²) in [6.45, 7) is 4.92. The van der Waals surface area contributed by atoms with Crippen LogP contribution in [-0.4, -0.2) is 36.7 Å². The molecule has 1 aromatic heterocycles. The normalized spacial score (nSPS) is 16.8. The molecule has 0 aromatic carbocycles. The Labute approximate surface area is 89.4 Å². The first kappa shape index (κ1) is 10.2. The van der Waals surface area contributed by atoms with Crippen molar-refractivity contribution in [1.82, 2.24) is 4.57 Å². The van der Waals surface area contributed by atoms with Crippen molar-refractivity contribution < 1.29 is 9.53 Å². The molecule has 2 rings (SSSR count). The summed E-state index contributed by atoms with van der Waals surface area (Å²) in [5.74, 6) is 1.21. The van der Waals surface area contributed by atoms with Crippen molar-refractivity contribution in [1.29, 1.82) is 0 Å². The predicted molar refractivity (Wildman–Crippen MR) is 58.4 cm³/mol. The standard InChI is InChI=1S/C11H16N2O2/c1-9(14)10-3-4-11(12(10)2)13-5-7-15-8-6-13/h3-4H,5-8H2,1-2H3. The second-order valence-corrected chi connectivity index (χ2v) is 3.79. The predicted octanol–water partition coefficient (Wildman–Crippen LogP) is 1.06. The first-order chi connectivity index (χ1) is 7.20. The third-order valence-electron chi connectivity index (χ3n) is 2.79. The average Bonchev–Trinajstić information content (AvgIpc) is 2.61. The van der Waals surface area contributed by atoms with Crippen molar-refractivity contribution in [2.75, 3.05) is 31.2 Å². The van der Waals surface area contributed by atoms with Crippen LogP contribution in [0.1, 0.15) is 17.4 Å². The summed E-state index contributed by atoms with van der Waals surface area (Å²) in [7, 11) is 1.93. The van der Waals surface area contributed by atoms with Crippen molar-refractivity contribution in [2.24, 2.45) is 7.05 Å². The summed E-state index contributed by atoms with van der Waals surface area (Å²) in [6, 6.07) is 3.88. The van der Waals surface area contributed by atoms with Crippen molar-refractivity contribution in [3.05, 3.63) is 17.8 Å². The van der Waals surface area contributed by atoms with Gasteiger partial charge in [0.15, 0.2) is 5.78 Å². The fourth-order valence-electron chi connectivity index (χ4n) is 1.96. The van der Waals surface area contributed by atoms with Crippen LogP contribution in [0.3, 0.4) is 0 Å². The van der Waals surface area contributed by atoms with Gasteiger partial charge in [-0.3, -0.25) is 4.79 Å². The van der Waals surface area contributed by atoms with Crippen LogP contribution in [0, 0.1) is 0 Å². The largest absolute Gasteiger partial charge is 0.378 e. The lowest BCUT2D eigenvalue weighted by molar-refractivity contribution is 0.101. The molecule has 0 atom stereocenters. The van der Waals surface area contributed by atoms with E-state index in [1.54, 1.807) is 6.92 Å². The number of aromatic nitrogens is 1. The number of ketones is 1. The van der Waals surface area contributed by atoms with E-state index >= 15 is 0 Å². The summed E-state index contributed by atoms with van der Waals surface area (Å²) in [6.07, 6.45) is 0. The molecule has 82 valence electrons. The van der Waals surface area contributed by atoms with Gasteiger partial charge in [0.1, 0.15) is 5.82 Å². The fraction of sp³-hybridized carbons (Fsp3) is 0.545. The lowest BCUT2D eigenvalue weighted by Crippen LogP contribution is -2.37. The van der Waals surface area contributed by atoms with Crippen LogP contribution < -0.4 is 4.90 Å². The van der Waals surface area contributed by atoms with Crippen LogP contribution in [0.4, 0.5) is 5.82 Å². The Morgan fingerprint density at radius 2 is 2.00 bits per heavy atom. The topological polar surface area (TPSA) is 34.5 Å². The van der Waals surface area contributed by atoms with Crippen molar-refractivity contribution >= 4 is 11.6 Å². The summed E-state index contributed by atoms with van der Waals surface area (Å²) in [5.41, 5.74) is 0.761. The number of carbonyl (C=O) groups excluding carboxylic acids is 1. The number of hydrogen-bond donors (Lipinski definition) is 0. The van der Waals surface area contributed by atoms with Gasteiger partial charge in [-0.2, -0.15) is 0 Å². The highest BCUT2D eigenvalue weighted by atomic mass is 16.5. The minimum Gasteiger partial charge on any atom is -0.378 e. The Morgan fingerprint density at radius 3 is 2.53 bits per heavy atom. The van der Waals surface area contributed by atoms with Crippen LogP contribution >= 0.6 is 0 Å². The summed E-state index contributed by atoms with van der Waals surface area (Å²) in [4.78, 5) is 13.5. The molecule has 0 saturated carbocycles. The second-order valence-electron chi connectivity index (χ2n) is 3.79. The SMILES string of the molecule is CC(=O)c1ccc(N2CCOCC2)n1C. The highest BCUT2D eigenvalue weighted by Gasteiger charge is 2.16. The molecule has 2 heterocycles. The van der Waals surface area contributed by atoms with Gasteiger partial charge in [0.2, 0.25) is 0 Å². The summed E-state index contributed by atoms with van der Waals surface area (Å²) in [5, 5.41) is 0. The van der Waals surface area contributed by atoms with Gasteiger partial charge in [-0.05, 0) is 12.1 Å². The first-order valence-electron chi connectivity index (χ1n) is 5.19. The lowest BCUT2D eigenvalue weighted by atomic mass is 10.3. The van der Waals surface area contributed by atoms with Gasteiger partial charge in [0.25, 0.3) is 0 Å². The van der Waals surface area contributed by atoms with E-state index in [2.05, 4.69) is 4.90 Å². The van der Waals surface area contributed by atoms with Gasteiger partial charge in [-0.15, -0.1) is 0 Å². The molecule has 1 aliphatic heterocycles. The average molecular weight is 208 g/mol. The van der Waals surface area contributed by atoms with Crippen LogP contribution in [0.25, 0.3) is 0 Å². The zero-order valence-electron chi connectivity index (χ0n) is 9.19. The van der Waals surface area contributed by atoms with Crippen molar-refractivity contribution in [2.45, 2.75) is 6.92 Å². The molecule has 15 heavy (non-hydrogen) atoms. The number of carbonyl (C=O) groups is 1. The molecular formula is C11H16N2O2. The Morgan fingerprint density at radius 1 is 1.33 bits per heavy atom. The zero-order valence-corrected chi connectivity index (χ0v) is 9.19. The third kappa shape index (κ3) is 1.90. The number of hydrogen-bond acceptors (Lipinski definition) is 3. The molecule has 1 saturated heterocycles. The maximum atomic E-state index is 11.3. The number of nitrogens with zero attached hydrogens (tertiary/aromatic N) is 2. The molecule has 0 spiro atoms. The van der Waals surface area contributed by atoms with Crippen LogP contribution in [0.5, 0.6) is 0 Å². The van der Waals surface area contributed by atoms with Gasteiger partial charge in [0, 0.05) is 27.1 Å². The molecular weight excluding hydrogens is 192 g/mol. The maximum Gasteiger partial charge on any atom is 0.176 e. The van der Waals surface area contributed by atoms with Crippen LogP contribution in [0.2, 0.25) is 0 Å². The molecule has 0 aliphatic carbocycles. The van der Waals surface area contributed by atoms with E-state index in [1.807, 2.05) is 23.7 Å². The van der Waals surface area contributed by atoms with Gasteiger partial charge >= 0.3 is 0 Å². The van der Waals surface area contributed by atoms with E-state index < -0.39 is 0 Å². The number of anilines is 1. The van der Waals surface area contributed by atoms with Gasteiger partial charge in [-0.25, -0.2) is 0 Å². The van der Waals surface area contributed by atoms with E-state index in [1.165, 1.54) is 0 Å². The molecule has 1 fully saturated rings. The van der Waals surface area contributed by atoms with Gasteiger partial charge < -0.3 is 14.2 Å². The van der Waals surface area contributed by atoms with Crippen LogP contribution in [0.15, 0.2) is 12.1 Å². The van der Waals surface area contributed by atoms with E-state index in [0.717, 1.165) is 37.8 Å². The number of morpholine rings is 1. The lowest BCUT2D eigenvalue weighted by Gasteiger charge is -2.29. The van der Waals surface area contributed by atoms with E-state index in [9.17, 15) is 4.79 Å². The maximum absolute atomic E-state index is 11.3. The van der Waals surface area contributed by atoms with Gasteiger partial charge in [-0.1, -0.05) is 0 Å². The minimum absolute atomic E-state index is 0.108. The molecule has 1 aliphatic rings. The number of ether oxygens (including phenoxy) is 1. The van der Waals surface area contributed by atoms with Gasteiger partial charge in [0.05, 0.1) is 18.9 Å². The smallest absolute Gasteiger partial charge is 0.176 e. The molecule has 4 nitrogen and oxygen atoms in total. The summed E-state index contributed by atoms with van der Waals surface area (Å²) < 4.78 is 7.25. The monoisotopic (exact) mass is 208 g/mol. The Kier molecular flexibility index (Phi) is 2.77. The minimum atomic E-state index is 0.108. The Hall–Kier alpha value is -1.29. The first-order valence-corrected chi connectivity index (χ1v) is 5.19. The van der Waals surface area contributed by atoms with Crippen molar-refractivity contribution in [3.63, 3.8) is 0 Å². The Balaban J connectivity index is 2.24. The highest BCUT2D eigenvalue weighted by Crippen LogP contribution is 2.19. The molecule has 1 aromatic rings. The van der Waals surface area contributed by atoms with E-state index in [4.69, 9.17) is 4.74 Å². The molecule has 0 unspecified atom stereocenters. The molecule has 0 amide bonds. The molecule has 0 bridgehead atoms. The zero-order chi connectivity index (χ0) is 10.8. The third-order valence-corrected chi connectivity index (χ3v) is 2.79. The number of Topliss-reactive ketones (excluding diaryl/α,β-unsaturated/α-hetero) is 1. The summed E-state index contributed by atoms with van der Waals surface area (Å²) >= 11 is 0. The molecule has 0 radical (unpaired) electrons. The van der Waals surface area contributed by atoms with E-state index in [-0.39, 0.29) is 5.78 Å². The molecule has 4 heteroatoms. The molecule has 0 N–H and O–H groups in total. The Bertz CT molecular complexity index is 365. The van der Waals surface area contributed by atoms with E-state index in [0.29, 0.717) is 0 Å².